The van der Waals surface area contributed by atoms with Gasteiger partial charge in [-0.3, -0.25) is 14.3 Å². The lowest BCUT2D eigenvalue weighted by Gasteiger charge is -2.09. The summed E-state index contributed by atoms with van der Waals surface area (Å²) in [6.07, 6.45) is 6.79. The number of anilines is 6. The Morgan fingerprint density at radius 2 is 1.10 bits per heavy atom. The molecule has 18 heteroatoms. The number of benzene rings is 4. The first kappa shape index (κ1) is 39.7. The fourth-order valence-corrected chi connectivity index (χ4v) is 5.68. The zero-order valence-corrected chi connectivity index (χ0v) is 32.6. The number of carbonyl (C=O) groups is 2. The molecule has 0 spiro atoms. The minimum atomic E-state index is -0.215. The van der Waals surface area contributed by atoms with Crippen LogP contribution in [0.25, 0.3) is 22.8 Å². The van der Waals surface area contributed by atoms with Crippen LogP contribution in [0.15, 0.2) is 134 Å². The molecule has 2 amide bonds. The van der Waals surface area contributed by atoms with E-state index in [1.54, 1.807) is 109 Å². The number of hydrogen-bond donors (Lipinski definition) is 6. The molecule has 0 fully saturated rings. The van der Waals surface area contributed by atoms with Crippen LogP contribution in [0.1, 0.15) is 31.8 Å². The van der Waals surface area contributed by atoms with E-state index in [0.717, 1.165) is 22.5 Å². The molecule has 0 atom stereocenters. The monoisotopic (exact) mass is 800 g/mol. The Kier molecular flexibility index (Phi) is 12.3. The van der Waals surface area contributed by atoms with Crippen LogP contribution in [-0.4, -0.2) is 61.7 Å². The maximum atomic E-state index is 12.4. The van der Waals surface area contributed by atoms with E-state index in [4.69, 9.17) is 11.5 Å². The van der Waals surface area contributed by atoms with E-state index in [-0.39, 0.29) is 11.8 Å². The van der Waals surface area contributed by atoms with E-state index in [9.17, 15) is 9.59 Å². The second-order valence-corrected chi connectivity index (χ2v) is 13.2. The molecule has 300 valence electrons. The van der Waals surface area contributed by atoms with Crippen molar-refractivity contribution in [1.82, 2.24) is 49.9 Å². The Balaban J connectivity index is 0.000000181. The van der Waals surface area contributed by atoms with Crippen molar-refractivity contribution in [3.8, 4) is 22.8 Å². The highest BCUT2D eigenvalue weighted by atomic mass is 16.2. The highest BCUT2D eigenvalue weighted by molar-refractivity contribution is 6.06. The second kappa shape index (κ2) is 18.6. The molecule has 8 rings (SSSR count). The molecule has 18 nitrogen and oxygen atoms in total. The van der Waals surface area contributed by atoms with Gasteiger partial charge >= 0.3 is 0 Å². The Hall–Kier alpha value is -8.54. The van der Waals surface area contributed by atoms with Gasteiger partial charge in [-0.1, -0.05) is 59.0 Å². The second-order valence-electron chi connectivity index (χ2n) is 13.2. The number of nitrogen functional groups attached to an aromatic ring is 2. The number of rotatable bonds is 12. The topological polar surface area (TPSA) is 247 Å². The number of nitrogens with zero attached hydrogens (tertiary/aromatic N) is 10. The molecule has 8 aromatic rings. The summed E-state index contributed by atoms with van der Waals surface area (Å²) < 4.78 is 3.27. The Morgan fingerprint density at radius 1 is 0.600 bits per heavy atom. The lowest BCUT2D eigenvalue weighted by molar-refractivity contribution is 0.101. The Bertz CT molecular complexity index is 2710. The summed E-state index contributed by atoms with van der Waals surface area (Å²) in [7, 11) is 3.61. The molecule has 0 aliphatic heterocycles. The Labute approximate surface area is 344 Å². The third kappa shape index (κ3) is 10.2. The van der Waals surface area contributed by atoms with E-state index in [2.05, 4.69) is 61.8 Å². The van der Waals surface area contributed by atoms with E-state index in [1.165, 1.54) is 0 Å². The molecule has 60 heavy (non-hydrogen) atoms. The predicted molar refractivity (Wildman–Crippen MR) is 229 cm³/mol. The minimum absolute atomic E-state index is 0.215. The Morgan fingerprint density at radius 3 is 1.57 bits per heavy atom. The molecule has 0 aliphatic carbocycles. The number of nitrogens with two attached hydrogens (primary N) is 2. The van der Waals surface area contributed by atoms with Crippen molar-refractivity contribution >= 4 is 46.5 Å². The molecule has 4 aromatic carbocycles. The van der Waals surface area contributed by atoms with Gasteiger partial charge in [-0.25, -0.2) is 24.6 Å². The lowest BCUT2D eigenvalue weighted by Crippen LogP contribution is -2.13. The molecule has 0 saturated carbocycles. The zero-order chi connectivity index (χ0) is 41.8. The quantitative estimate of drug-likeness (QED) is 0.0843. The molecule has 0 radical (unpaired) electrons. The molecular formula is C42H40N16O2. The first-order valence-electron chi connectivity index (χ1n) is 18.5. The average molecular weight is 801 g/mol. The van der Waals surface area contributed by atoms with Gasteiger partial charge in [-0.15, -0.1) is 10.2 Å². The van der Waals surface area contributed by atoms with Crippen molar-refractivity contribution in [1.29, 1.82) is 0 Å². The van der Waals surface area contributed by atoms with Crippen LogP contribution in [0.4, 0.5) is 34.6 Å². The van der Waals surface area contributed by atoms with Crippen LogP contribution >= 0.6 is 0 Å². The summed E-state index contributed by atoms with van der Waals surface area (Å²) in [5, 5.41) is 27.8. The third-order valence-electron chi connectivity index (χ3n) is 8.90. The van der Waals surface area contributed by atoms with Crippen LogP contribution < -0.4 is 32.7 Å². The number of amides is 2. The van der Waals surface area contributed by atoms with Gasteiger partial charge in [0.1, 0.15) is 11.4 Å². The fraction of sp³-hybridized carbons (Fsp3) is 0.0952. The highest BCUT2D eigenvalue weighted by Crippen LogP contribution is 2.21. The molecular weight excluding hydrogens is 761 g/mol. The summed E-state index contributed by atoms with van der Waals surface area (Å²) in [5.74, 6) is 0.551. The zero-order valence-electron chi connectivity index (χ0n) is 32.6. The standard InChI is InChI=1S/2C21H20N8O/c1-29-13-19(27-28-29)18-10-11-23-21(26-18)24-12-14-6-8-15(9-7-14)20(30)25-17-5-3-2-4-16(17)22;1-29-19(13-25-28-29)18-10-11-23-21(27-18)24-12-14-6-8-15(9-7-14)20(30)26-17-5-3-2-4-16(17)22/h2-11,13H,12,22H2,1H3,(H,25,30)(H,23,24,26);2-11,13H,12,22H2,1H3,(H,26,30)(H,23,24,27). The number of para-hydroxylation sites is 4. The van der Waals surface area contributed by atoms with Crippen molar-refractivity contribution in [2.24, 2.45) is 14.1 Å². The molecule has 0 unspecified atom stereocenters. The third-order valence-corrected chi connectivity index (χ3v) is 8.90. The van der Waals surface area contributed by atoms with Crippen molar-refractivity contribution in [3.63, 3.8) is 0 Å². The molecule has 8 N–H and O–H groups in total. The maximum absolute atomic E-state index is 12.4. The molecule has 0 bridgehead atoms. The number of carbonyl (C=O) groups excluding carboxylic acids is 2. The maximum Gasteiger partial charge on any atom is 0.255 e. The van der Waals surface area contributed by atoms with E-state index >= 15 is 0 Å². The van der Waals surface area contributed by atoms with Gasteiger partial charge in [0.05, 0.1) is 46.5 Å². The number of nitrogens with one attached hydrogen (secondary N) is 4. The van der Waals surface area contributed by atoms with Gasteiger partial charge in [0, 0.05) is 50.7 Å². The van der Waals surface area contributed by atoms with Crippen LogP contribution in [0.3, 0.4) is 0 Å². The van der Waals surface area contributed by atoms with Gasteiger partial charge in [0.2, 0.25) is 11.9 Å². The average Bonchev–Trinajstić information content (AvgIpc) is 3.92. The summed E-state index contributed by atoms with van der Waals surface area (Å²) in [4.78, 5) is 42.3. The fourth-order valence-electron chi connectivity index (χ4n) is 5.68. The molecule has 0 saturated heterocycles. The summed E-state index contributed by atoms with van der Waals surface area (Å²) >= 11 is 0. The van der Waals surface area contributed by atoms with Gasteiger partial charge in [-0.05, 0) is 71.8 Å². The number of aryl methyl sites for hydroxylation is 2. The van der Waals surface area contributed by atoms with Gasteiger partial charge < -0.3 is 32.7 Å². The van der Waals surface area contributed by atoms with Gasteiger partial charge in [-0.2, -0.15) is 0 Å². The van der Waals surface area contributed by atoms with E-state index < -0.39 is 0 Å². The summed E-state index contributed by atoms with van der Waals surface area (Å²) in [6.45, 7) is 1.03. The highest BCUT2D eigenvalue weighted by Gasteiger charge is 2.11. The normalized spacial score (nSPS) is 10.6. The largest absolute Gasteiger partial charge is 0.397 e. The van der Waals surface area contributed by atoms with Crippen molar-refractivity contribution in [2.75, 3.05) is 32.7 Å². The molecule has 0 aliphatic rings. The molecule has 4 aromatic heterocycles. The number of aromatic nitrogens is 10. The van der Waals surface area contributed by atoms with Crippen molar-refractivity contribution in [3.05, 3.63) is 156 Å². The predicted octanol–water partition coefficient (Wildman–Crippen LogP) is 5.44. The van der Waals surface area contributed by atoms with E-state index in [1.807, 2.05) is 48.5 Å². The van der Waals surface area contributed by atoms with Crippen molar-refractivity contribution in [2.45, 2.75) is 13.1 Å². The van der Waals surface area contributed by atoms with E-state index in [0.29, 0.717) is 70.3 Å². The SMILES string of the molecule is Cn1cc(-c2ccnc(NCc3ccc(C(=O)Nc4ccccc4N)cc3)n2)nn1.Cn1nncc1-c1ccnc(NCc2ccc(C(=O)Nc3ccccc3N)cc2)n1. The lowest BCUT2D eigenvalue weighted by atomic mass is 10.1. The summed E-state index contributed by atoms with van der Waals surface area (Å²) in [5.41, 5.74) is 19.9. The van der Waals surface area contributed by atoms with Crippen molar-refractivity contribution < 1.29 is 9.59 Å². The summed E-state index contributed by atoms with van der Waals surface area (Å²) in [6, 6.07) is 32.5. The minimum Gasteiger partial charge on any atom is -0.397 e. The molecule has 4 heterocycles. The van der Waals surface area contributed by atoms with Gasteiger partial charge in [0.15, 0.2) is 0 Å². The smallest absolute Gasteiger partial charge is 0.255 e. The van der Waals surface area contributed by atoms with Gasteiger partial charge in [0.25, 0.3) is 11.8 Å². The first-order chi connectivity index (χ1) is 29.2. The number of hydrogen-bond acceptors (Lipinski definition) is 14. The van der Waals surface area contributed by atoms with Crippen LogP contribution in [0.5, 0.6) is 0 Å². The van der Waals surface area contributed by atoms with Crippen LogP contribution in [0, 0.1) is 0 Å². The first-order valence-corrected chi connectivity index (χ1v) is 18.5. The van der Waals surface area contributed by atoms with Crippen LogP contribution in [0.2, 0.25) is 0 Å². The van der Waals surface area contributed by atoms with Crippen LogP contribution in [-0.2, 0) is 27.2 Å².